The van der Waals surface area contributed by atoms with Gasteiger partial charge in [-0.2, -0.15) is 0 Å². The van der Waals surface area contributed by atoms with Crippen molar-refractivity contribution in [2.24, 2.45) is 5.84 Å². The van der Waals surface area contributed by atoms with Crippen LogP contribution >= 0.6 is 0 Å². The molecule has 0 amide bonds. The third-order valence-electron chi connectivity index (χ3n) is 3.64. The summed E-state index contributed by atoms with van der Waals surface area (Å²) in [6, 6.07) is 12.4. The van der Waals surface area contributed by atoms with Crippen LogP contribution in [0.1, 0.15) is 23.1 Å². The average Bonchev–Trinajstić information content (AvgIpc) is 2.49. The van der Waals surface area contributed by atoms with E-state index in [2.05, 4.69) is 29.7 Å². The number of benzene rings is 2. The van der Waals surface area contributed by atoms with Crippen LogP contribution in [0.4, 0.5) is 8.78 Å². The molecule has 2 aromatic rings. The number of nitrogens with two attached hydrogens (primary N) is 1. The largest absolute Gasteiger partial charge is 0.271 e. The molecule has 2 nitrogen and oxygen atoms in total. The molecule has 2 rings (SSSR count). The highest BCUT2D eigenvalue weighted by molar-refractivity contribution is 5.22. The van der Waals surface area contributed by atoms with E-state index in [0.29, 0.717) is 12.0 Å². The SMILES string of the molecule is Cc1ccc(CCC(Cc2cccc(F)c2F)NN)cc1. The van der Waals surface area contributed by atoms with Crippen LogP contribution in [0.5, 0.6) is 0 Å². The molecule has 3 N–H and O–H groups in total. The van der Waals surface area contributed by atoms with E-state index >= 15 is 0 Å². The maximum atomic E-state index is 13.7. The minimum atomic E-state index is -0.818. The van der Waals surface area contributed by atoms with E-state index < -0.39 is 11.6 Å². The molecule has 0 aliphatic rings. The second-order valence-corrected chi connectivity index (χ2v) is 5.30. The summed E-state index contributed by atoms with van der Waals surface area (Å²) in [7, 11) is 0. The van der Waals surface area contributed by atoms with Gasteiger partial charge in [0.25, 0.3) is 0 Å². The maximum absolute atomic E-state index is 13.7. The smallest absolute Gasteiger partial charge is 0.162 e. The molecule has 0 saturated heterocycles. The Labute approximate surface area is 124 Å². The fourth-order valence-electron chi connectivity index (χ4n) is 2.31. The van der Waals surface area contributed by atoms with Crippen LogP contribution in [0.15, 0.2) is 42.5 Å². The van der Waals surface area contributed by atoms with Crippen molar-refractivity contribution in [2.45, 2.75) is 32.2 Å². The first-order valence-electron chi connectivity index (χ1n) is 7.04. The molecular formula is C17H20F2N2. The Bertz CT molecular complexity index is 582. The maximum Gasteiger partial charge on any atom is 0.162 e. The lowest BCUT2D eigenvalue weighted by Crippen LogP contribution is -2.37. The lowest BCUT2D eigenvalue weighted by Gasteiger charge is -2.16. The van der Waals surface area contributed by atoms with Crippen LogP contribution in [0.3, 0.4) is 0 Å². The molecular weight excluding hydrogens is 270 g/mol. The molecule has 0 radical (unpaired) electrons. The molecule has 21 heavy (non-hydrogen) atoms. The molecule has 0 aliphatic heterocycles. The Kier molecular flexibility index (Phi) is 5.42. The normalized spacial score (nSPS) is 12.4. The Balaban J connectivity index is 1.97. The minimum absolute atomic E-state index is 0.0948. The van der Waals surface area contributed by atoms with Gasteiger partial charge in [0.15, 0.2) is 11.6 Å². The predicted octanol–water partition coefficient (Wildman–Crippen LogP) is 3.28. The van der Waals surface area contributed by atoms with E-state index in [1.165, 1.54) is 17.2 Å². The zero-order chi connectivity index (χ0) is 15.2. The Morgan fingerprint density at radius 1 is 1.10 bits per heavy atom. The van der Waals surface area contributed by atoms with Gasteiger partial charge in [0, 0.05) is 6.04 Å². The van der Waals surface area contributed by atoms with E-state index in [1.54, 1.807) is 6.07 Å². The predicted molar refractivity (Wildman–Crippen MR) is 80.7 cm³/mol. The summed E-state index contributed by atoms with van der Waals surface area (Å²) in [5.74, 6) is 3.93. The topological polar surface area (TPSA) is 38.0 Å². The van der Waals surface area contributed by atoms with Gasteiger partial charge < -0.3 is 0 Å². The van der Waals surface area contributed by atoms with Crippen LogP contribution in [0, 0.1) is 18.6 Å². The Hall–Kier alpha value is -1.78. The Morgan fingerprint density at radius 2 is 1.81 bits per heavy atom. The van der Waals surface area contributed by atoms with Crippen LogP contribution in [0.25, 0.3) is 0 Å². The van der Waals surface area contributed by atoms with Crippen molar-refractivity contribution in [3.05, 3.63) is 70.8 Å². The number of nitrogens with one attached hydrogen (secondary N) is 1. The van der Waals surface area contributed by atoms with E-state index in [-0.39, 0.29) is 6.04 Å². The molecule has 0 heterocycles. The first-order chi connectivity index (χ1) is 10.1. The Morgan fingerprint density at radius 3 is 2.48 bits per heavy atom. The van der Waals surface area contributed by atoms with E-state index in [1.807, 2.05) is 6.92 Å². The zero-order valence-corrected chi connectivity index (χ0v) is 12.1. The van der Waals surface area contributed by atoms with Crippen LogP contribution in [-0.4, -0.2) is 6.04 Å². The highest BCUT2D eigenvalue weighted by Gasteiger charge is 2.13. The number of hydrogen-bond donors (Lipinski definition) is 2. The molecule has 0 spiro atoms. The quantitative estimate of drug-likeness (QED) is 0.633. The molecule has 0 aliphatic carbocycles. The van der Waals surface area contributed by atoms with Gasteiger partial charge in [-0.25, -0.2) is 8.78 Å². The molecule has 0 saturated carbocycles. The third-order valence-corrected chi connectivity index (χ3v) is 3.64. The monoisotopic (exact) mass is 290 g/mol. The lowest BCUT2D eigenvalue weighted by atomic mass is 9.98. The van der Waals surface area contributed by atoms with Crippen molar-refractivity contribution in [2.75, 3.05) is 0 Å². The molecule has 0 fully saturated rings. The van der Waals surface area contributed by atoms with E-state index in [0.717, 1.165) is 18.9 Å². The molecule has 112 valence electrons. The molecule has 0 aromatic heterocycles. The summed E-state index contributed by atoms with van der Waals surface area (Å²) in [6.07, 6.45) is 1.97. The highest BCUT2D eigenvalue weighted by Crippen LogP contribution is 2.15. The number of hydrazine groups is 1. The van der Waals surface area contributed by atoms with Crippen LogP contribution in [0.2, 0.25) is 0 Å². The zero-order valence-electron chi connectivity index (χ0n) is 12.1. The van der Waals surface area contributed by atoms with Crippen molar-refractivity contribution in [3.63, 3.8) is 0 Å². The van der Waals surface area contributed by atoms with Crippen LogP contribution in [-0.2, 0) is 12.8 Å². The van der Waals surface area contributed by atoms with Crippen molar-refractivity contribution in [1.29, 1.82) is 0 Å². The van der Waals surface area contributed by atoms with Crippen LogP contribution < -0.4 is 11.3 Å². The van der Waals surface area contributed by atoms with Gasteiger partial charge in [0.1, 0.15) is 0 Å². The average molecular weight is 290 g/mol. The van der Waals surface area contributed by atoms with Gasteiger partial charge in [-0.1, -0.05) is 42.0 Å². The fourth-order valence-corrected chi connectivity index (χ4v) is 2.31. The van der Waals surface area contributed by atoms with Crippen molar-refractivity contribution >= 4 is 0 Å². The molecule has 4 heteroatoms. The summed E-state index contributed by atoms with van der Waals surface area (Å²) in [4.78, 5) is 0. The number of aryl methyl sites for hydroxylation is 2. The number of hydrogen-bond acceptors (Lipinski definition) is 2. The first-order valence-corrected chi connectivity index (χ1v) is 7.04. The second kappa shape index (κ2) is 7.29. The summed E-state index contributed by atoms with van der Waals surface area (Å²) in [5.41, 5.74) is 5.46. The van der Waals surface area contributed by atoms with Gasteiger partial charge in [-0.05, 0) is 43.4 Å². The van der Waals surface area contributed by atoms with E-state index in [4.69, 9.17) is 5.84 Å². The fraction of sp³-hybridized carbons (Fsp3) is 0.294. The van der Waals surface area contributed by atoms with Gasteiger partial charge >= 0.3 is 0 Å². The lowest BCUT2D eigenvalue weighted by molar-refractivity contribution is 0.461. The highest BCUT2D eigenvalue weighted by atomic mass is 19.2. The summed E-state index contributed by atoms with van der Waals surface area (Å²) >= 11 is 0. The van der Waals surface area contributed by atoms with Gasteiger partial charge in [-0.3, -0.25) is 11.3 Å². The van der Waals surface area contributed by atoms with Gasteiger partial charge in [0.2, 0.25) is 0 Å². The summed E-state index contributed by atoms with van der Waals surface area (Å²) in [6.45, 7) is 2.04. The molecule has 2 aromatic carbocycles. The second-order valence-electron chi connectivity index (χ2n) is 5.30. The van der Waals surface area contributed by atoms with E-state index in [9.17, 15) is 8.78 Å². The summed E-state index contributed by atoms with van der Waals surface area (Å²) in [5, 5.41) is 0. The molecule has 0 bridgehead atoms. The standard InChI is InChI=1S/C17H20F2N2/c1-12-5-7-13(8-6-12)9-10-15(21-20)11-14-3-2-4-16(18)17(14)19/h2-8,15,21H,9-11,20H2,1H3. The number of rotatable bonds is 6. The number of halogens is 2. The molecule has 1 atom stereocenters. The van der Waals surface area contributed by atoms with Crippen molar-refractivity contribution in [1.82, 2.24) is 5.43 Å². The molecule has 1 unspecified atom stereocenters. The van der Waals surface area contributed by atoms with Crippen molar-refractivity contribution < 1.29 is 8.78 Å². The summed E-state index contributed by atoms with van der Waals surface area (Å²) < 4.78 is 26.9. The first kappa shape index (κ1) is 15.6. The third kappa shape index (κ3) is 4.34. The van der Waals surface area contributed by atoms with Crippen molar-refractivity contribution in [3.8, 4) is 0 Å². The van der Waals surface area contributed by atoms with Gasteiger partial charge in [0.05, 0.1) is 0 Å². The van der Waals surface area contributed by atoms with Gasteiger partial charge in [-0.15, -0.1) is 0 Å². The minimum Gasteiger partial charge on any atom is -0.271 e.